The molecule has 3 unspecified atom stereocenters. The molecule has 0 aromatic heterocycles. The van der Waals surface area contributed by atoms with Gasteiger partial charge in [-0.05, 0) is 51.4 Å². The van der Waals surface area contributed by atoms with Gasteiger partial charge in [-0.2, -0.15) is 0 Å². The van der Waals surface area contributed by atoms with E-state index >= 15 is 0 Å². The number of unbranched alkanes of at least 4 members (excludes halogenated alkanes) is 36. The number of esters is 1. The molecule has 0 spiro atoms. The van der Waals surface area contributed by atoms with E-state index in [1.165, 1.54) is 193 Å². The lowest BCUT2D eigenvalue weighted by Gasteiger charge is -2.24. The van der Waals surface area contributed by atoms with Crippen LogP contribution in [0.2, 0.25) is 0 Å². The van der Waals surface area contributed by atoms with Gasteiger partial charge in [0.25, 0.3) is 0 Å². The van der Waals surface area contributed by atoms with Gasteiger partial charge in [0.2, 0.25) is 5.91 Å². The third-order valence-electron chi connectivity index (χ3n) is 13.3. The molecule has 1 amide bonds. The number of hydrogen-bond acceptors (Lipinski definition) is 5. The van der Waals surface area contributed by atoms with Crippen molar-refractivity contribution < 1.29 is 24.5 Å². The van der Waals surface area contributed by atoms with Crippen molar-refractivity contribution >= 4 is 11.9 Å². The molecule has 0 aromatic rings. The molecule has 0 aliphatic heterocycles. The monoisotopic (exact) mass is 902 g/mol. The van der Waals surface area contributed by atoms with Gasteiger partial charge in [-0.25, -0.2) is 0 Å². The Bertz CT molecular complexity index is 1010. The lowest BCUT2D eigenvalue weighted by atomic mass is 10.0. The minimum atomic E-state index is -0.788. The Kier molecular flexibility index (Phi) is 51.0. The van der Waals surface area contributed by atoms with Gasteiger partial charge in [-0.15, -0.1) is 0 Å². The Labute approximate surface area is 399 Å². The second-order valence-electron chi connectivity index (χ2n) is 19.7. The van der Waals surface area contributed by atoms with E-state index in [1.54, 1.807) is 0 Å². The van der Waals surface area contributed by atoms with Gasteiger partial charge >= 0.3 is 5.97 Å². The minimum Gasteiger partial charge on any atom is -0.462 e. The van der Waals surface area contributed by atoms with Crippen molar-refractivity contribution in [2.24, 2.45) is 0 Å². The van der Waals surface area contributed by atoms with E-state index in [0.717, 1.165) is 70.6 Å². The van der Waals surface area contributed by atoms with Crippen LogP contribution in [0.25, 0.3) is 0 Å². The number of ether oxygens (including phenoxy) is 1. The predicted octanol–water partition coefficient (Wildman–Crippen LogP) is 17.5. The van der Waals surface area contributed by atoms with Crippen molar-refractivity contribution in [1.29, 1.82) is 0 Å². The molecule has 3 atom stereocenters. The van der Waals surface area contributed by atoms with Gasteiger partial charge < -0.3 is 20.3 Å². The number of aliphatic hydroxyl groups is 2. The topological polar surface area (TPSA) is 95.9 Å². The van der Waals surface area contributed by atoms with Gasteiger partial charge in [-0.3, -0.25) is 9.59 Å². The molecule has 6 heteroatoms. The average Bonchev–Trinajstić information content (AvgIpc) is 3.29. The molecule has 64 heavy (non-hydrogen) atoms. The highest BCUT2D eigenvalue weighted by Crippen LogP contribution is 2.19. The van der Waals surface area contributed by atoms with Crippen LogP contribution in [0.3, 0.4) is 0 Å². The summed E-state index contributed by atoms with van der Waals surface area (Å²) in [4.78, 5) is 26.2. The number of carbonyl (C=O) groups is 2. The van der Waals surface area contributed by atoms with E-state index in [9.17, 15) is 19.8 Å². The molecule has 0 saturated carbocycles. The summed E-state index contributed by atoms with van der Waals surface area (Å²) in [5.74, 6) is -0.470. The zero-order chi connectivity index (χ0) is 46.7. The molecular weight excluding hydrogens is 791 g/mol. The van der Waals surface area contributed by atoms with Crippen LogP contribution in [0.1, 0.15) is 310 Å². The fourth-order valence-electron chi connectivity index (χ4n) is 9.00. The number of hydrogen-bond donors (Lipinski definition) is 3. The van der Waals surface area contributed by atoms with E-state index in [1.807, 2.05) is 0 Å². The summed E-state index contributed by atoms with van der Waals surface area (Å²) in [5, 5.41) is 23.9. The standard InChI is InChI=1S/C58H111NO5/c1-4-7-10-13-16-19-22-25-27-28-29-31-33-36-39-42-45-48-51-58(63)64-54(49-46-43-40-37-34-24-21-18-15-12-9-6-3)52-57(62)59-55(53-60)56(61)50-47-44-41-38-35-32-30-26-23-20-17-14-11-8-5-2/h9,12,18,21,54-56,60-61H,4-8,10-11,13-17,19-20,22-53H2,1-3H3,(H,59,62)/b12-9+,21-18+. The zero-order valence-corrected chi connectivity index (χ0v) is 43.2. The summed E-state index contributed by atoms with van der Waals surface area (Å²) in [6.45, 7) is 6.41. The van der Waals surface area contributed by atoms with E-state index in [-0.39, 0.29) is 24.9 Å². The predicted molar refractivity (Wildman–Crippen MR) is 278 cm³/mol. The van der Waals surface area contributed by atoms with Crippen molar-refractivity contribution in [2.75, 3.05) is 6.61 Å². The van der Waals surface area contributed by atoms with E-state index < -0.39 is 18.2 Å². The maximum Gasteiger partial charge on any atom is 0.306 e. The first-order chi connectivity index (χ1) is 31.5. The second-order valence-corrected chi connectivity index (χ2v) is 19.7. The highest BCUT2D eigenvalue weighted by Gasteiger charge is 2.24. The maximum atomic E-state index is 13.2. The summed E-state index contributed by atoms with van der Waals surface area (Å²) < 4.78 is 5.95. The minimum absolute atomic E-state index is 0.0737. The van der Waals surface area contributed by atoms with Gasteiger partial charge in [0.15, 0.2) is 0 Å². The average molecular weight is 903 g/mol. The van der Waals surface area contributed by atoms with Crippen molar-refractivity contribution in [3.63, 3.8) is 0 Å². The lowest BCUT2D eigenvalue weighted by Crippen LogP contribution is -2.46. The summed E-state index contributed by atoms with van der Waals surface area (Å²) in [6.07, 6.45) is 61.1. The van der Waals surface area contributed by atoms with Crippen LogP contribution in [0, 0.1) is 0 Å². The lowest BCUT2D eigenvalue weighted by molar-refractivity contribution is -0.151. The van der Waals surface area contributed by atoms with Crippen molar-refractivity contribution in [3.8, 4) is 0 Å². The van der Waals surface area contributed by atoms with Crippen molar-refractivity contribution in [2.45, 2.75) is 328 Å². The van der Waals surface area contributed by atoms with Crippen LogP contribution in [0.15, 0.2) is 24.3 Å². The molecule has 3 N–H and O–H groups in total. The first-order valence-electron chi connectivity index (χ1n) is 28.6. The Morgan fingerprint density at radius 3 is 1.27 bits per heavy atom. The van der Waals surface area contributed by atoms with Crippen LogP contribution in [0.4, 0.5) is 0 Å². The number of nitrogens with one attached hydrogen (secondary N) is 1. The molecule has 0 aliphatic carbocycles. The molecule has 0 bridgehead atoms. The summed E-state index contributed by atoms with van der Waals surface area (Å²) in [5.41, 5.74) is 0. The number of rotatable bonds is 52. The molecule has 0 rings (SSSR count). The Balaban J connectivity index is 4.45. The van der Waals surface area contributed by atoms with Crippen LogP contribution in [-0.2, 0) is 14.3 Å². The third kappa shape index (κ3) is 46.9. The van der Waals surface area contributed by atoms with Crippen LogP contribution >= 0.6 is 0 Å². The quantitative estimate of drug-likeness (QED) is 0.0321. The van der Waals surface area contributed by atoms with E-state index in [2.05, 4.69) is 50.4 Å². The smallest absolute Gasteiger partial charge is 0.306 e. The normalized spacial score (nSPS) is 13.3. The SMILES string of the molecule is CC/C=C/C/C=C/CCCCCCCC(CC(=O)NC(CO)C(O)CCCCCCCCCCCCCCCCC)OC(=O)CCCCCCCCCCCCCCCCCCCC. The first-order valence-corrected chi connectivity index (χ1v) is 28.6. The van der Waals surface area contributed by atoms with E-state index in [4.69, 9.17) is 4.74 Å². The molecule has 0 fully saturated rings. The van der Waals surface area contributed by atoms with Crippen LogP contribution in [0.5, 0.6) is 0 Å². The molecule has 0 heterocycles. The van der Waals surface area contributed by atoms with Gasteiger partial charge in [-0.1, -0.05) is 270 Å². The molecular formula is C58H111NO5. The summed E-state index contributed by atoms with van der Waals surface area (Å²) in [7, 11) is 0. The maximum absolute atomic E-state index is 13.2. The number of carbonyl (C=O) groups excluding carboxylic acids is 2. The molecule has 6 nitrogen and oxygen atoms in total. The number of allylic oxidation sites excluding steroid dienone is 4. The molecule has 0 aromatic carbocycles. The Morgan fingerprint density at radius 2 is 0.844 bits per heavy atom. The molecule has 0 radical (unpaired) electrons. The third-order valence-corrected chi connectivity index (χ3v) is 13.3. The Hall–Kier alpha value is -1.66. The number of amides is 1. The van der Waals surface area contributed by atoms with Crippen LogP contribution < -0.4 is 5.32 Å². The number of aliphatic hydroxyl groups excluding tert-OH is 2. The second kappa shape index (κ2) is 52.3. The largest absolute Gasteiger partial charge is 0.462 e. The fourth-order valence-corrected chi connectivity index (χ4v) is 9.00. The highest BCUT2D eigenvalue weighted by atomic mass is 16.5. The van der Waals surface area contributed by atoms with Crippen molar-refractivity contribution in [3.05, 3.63) is 24.3 Å². The van der Waals surface area contributed by atoms with Crippen molar-refractivity contribution in [1.82, 2.24) is 5.32 Å². The summed E-state index contributed by atoms with van der Waals surface area (Å²) >= 11 is 0. The molecule has 378 valence electrons. The van der Waals surface area contributed by atoms with Gasteiger partial charge in [0.05, 0.1) is 25.2 Å². The zero-order valence-electron chi connectivity index (χ0n) is 43.2. The van der Waals surface area contributed by atoms with E-state index in [0.29, 0.717) is 19.3 Å². The fraction of sp³-hybridized carbons (Fsp3) is 0.897. The first kappa shape index (κ1) is 62.3. The molecule has 0 saturated heterocycles. The van der Waals surface area contributed by atoms with Gasteiger partial charge in [0, 0.05) is 6.42 Å². The summed E-state index contributed by atoms with van der Waals surface area (Å²) in [6, 6.07) is -0.702. The highest BCUT2D eigenvalue weighted by molar-refractivity contribution is 5.77. The van der Waals surface area contributed by atoms with Gasteiger partial charge in [0.1, 0.15) is 6.10 Å². The molecule has 0 aliphatic rings. The van der Waals surface area contributed by atoms with Crippen LogP contribution in [-0.4, -0.2) is 46.9 Å². The Morgan fingerprint density at radius 1 is 0.469 bits per heavy atom.